The summed E-state index contributed by atoms with van der Waals surface area (Å²) in [5, 5.41) is 3.31. The van der Waals surface area contributed by atoms with Gasteiger partial charge < -0.3 is 10.2 Å². The number of carbonyl (C=O) groups excluding carboxylic acids is 2. The SMILES string of the molecule is O=C(NC1CCCCCCC1)[C@H]1c2ccccc2C(=O)N1C1CCCC1. The van der Waals surface area contributed by atoms with E-state index in [4.69, 9.17) is 0 Å². The molecule has 4 heteroatoms. The van der Waals surface area contributed by atoms with E-state index in [0.717, 1.165) is 49.7 Å². The molecule has 1 aliphatic heterocycles. The number of rotatable bonds is 3. The largest absolute Gasteiger partial charge is 0.351 e. The first-order valence-electron chi connectivity index (χ1n) is 10.5. The first-order chi connectivity index (χ1) is 12.8. The van der Waals surface area contributed by atoms with E-state index in [1.165, 1.54) is 32.1 Å². The molecule has 0 saturated heterocycles. The molecule has 0 spiro atoms. The van der Waals surface area contributed by atoms with Gasteiger partial charge in [-0.15, -0.1) is 0 Å². The van der Waals surface area contributed by atoms with Crippen molar-refractivity contribution in [3.8, 4) is 0 Å². The number of hydrogen-bond acceptors (Lipinski definition) is 2. The summed E-state index contributed by atoms with van der Waals surface area (Å²) in [7, 11) is 0. The summed E-state index contributed by atoms with van der Waals surface area (Å²) in [6.07, 6.45) is 12.7. The van der Waals surface area contributed by atoms with Gasteiger partial charge in [-0.05, 0) is 37.3 Å². The molecule has 1 aromatic carbocycles. The highest BCUT2D eigenvalue weighted by molar-refractivity contribution is 6.05. The molecular weight excluding hydrogens is 324 g/mol. The number of amides is 2. The Hall–Kier alpha value is -1.84. The second kappa shape index (κ2) is 7.81. The van der Waals surface area contributed by atoms with E-state index in [2.05, 4.69) is 5.32 Å². The van der Waals surface area contributed by atoms with Gasteiger partial charge in [-0.2, -0.15) is 0 Å². The Balaban J connectivity index is 1.56. The molecule has 140 valence electrons. The van der Waals surface area contributed by atoms with Crippen LogP contribution in [0.5, 0.6) is 0 Å². The van der Waals surface area contributed by atoms with Gasteiger partial charge in [-0.1, -0.05) is 63.1 Å². The lowest BCUT2D eigenvalue weighted by Crippen LogP contribution is -2.46. The van der Waals surface area contributed by atoms with Gasteiger partial charge in [0.05, 0.1) is 0 Å². The molecule has 0 unspecified atom stereocenters. The van der Waals surface area contributed by atoms with Gasteiger partial charge in [-0.3, -0.25) is 9.59 Å². The minimum atomic E-state index is -0.438. The molecule has 1 aromatic rings. The Morgan fingerprint density at radius 1 is 0.885 bits per heavy atom. The number of hydrogen-bond donors (Lipinski definition) is 1. The lowest BCUT2D eigenvalue weighted by Gasteiger charge is -2.32. The number of benzene rings is 1. The summed E-state index contributed by atoms with van der Waals surface area (Å²) >= 11 is 0. The monoisotopic (exact) mass is 354 g/mol. The summed E-state index contributed by atoms with van der Waals surface area (Å²) in [5.41, 5.74) is 1.62. The third-order valence-electron chi connectivity index (χ3n) is 6.42. The standard InChI is InChI=1S/C22H30N2O2/c25-21(23-16-10-4-2-1-3-5-11-16)20-18-14-8-9-15-19(18)22(26)24(20)17-12-6-7-13-17/h8-9,14-17,20H,1-7,10-13H2,(H,23,25)/t20-/m1/s1. The van der Waals surface area contributed by atoms with Crippen molar-refractivity contribution in [2.24, 2.45) is 0 Å². The Kier molecular flexibility index (Phi) is 5.28. The lowest BCUT2D eigenvalue weighted by atomic mass is 9.96. The molecule has 1 atom stereocenters. The molecule has 4 rings (SSSR count). The van der Waals surface area contributed by atoms with Crippen molar-refractivity contribution in [2.45, 2.75) is 88.8 Å². The molecule has 26 heavy (non-hydrogen) atoms. The van der Waals surface area contributed by atoms with Crippen molar-refractivity contribution in [2.75, 3.05) is 0 Å². The normalized spacial score (nSPS) is 25.0. The van der Waals surface area contributed by atoms with Crippen molar-refractivity contribution in [3.63, 3.8) is 0 Å². The molecule has 1 heterocycles. The third-order valence-corrected chi connectivity index (χ3v) is 6.42. The molecule has 1 N–H and O–H groups in total. The van der Waals surface area contributed by atoms with Crippen LogP contribution in [0.3, 0.4) is 0 Å². The molecule has 2 fully saturated rings. The fourth-order valence-corrected chi connectivity index (χ4v) is 5.04. The number of nitrogens with zero attached hydrogens (tertiary/aromatic N) is 1. The topological polar surface area (TPSA) is 49.4 Å². The predicted molar refractivity (Wildman–Crippen MR) is 102 cm³/mol. The van der Waals surface area contributed by atoms with E-state index in [0.29, 0.717) is 0 Å². The van der Waals surface area contributed by atoms with Crippen LogP contribution in [0.25, 0.3) is 0 Å². The van der Waals surface area contributed by atoms with Crippen LogP contribution in [-0.4, -0.2) is 28.8 Å². The van der Waals surface area contributed by atoms with Gasteiger partial charge in [0.25, 0.3) is 5.91 Å². The van der Waals surface area contributed by atoms with Crippen molar-refractivity contribution < 1.29 is 9.59 Å². The Labute approximate surface area is 156 Å². The zero-order valence-electron chi connectivity index (χ0n) is 15.6. The van der Waals surface area contributed by atoms with Crippen LogP contribution in [0.4, 0.5) is 0 Å². The molecule has 4 nitrogen and oxygen atoms in total. The van der Waals surface area contributed by atoms with Crippen LogP contribution in [-0.2, 0) is 4.79 Å². The lowest BCUT2D eigenvalue weighted by molar-refractivity contribution is -0.127. The van der Waals surface area contributed by atoms with Gasteiger partial charge in [0.1, 0.15) is 6.04 Å². The average Bonchev–Trinajstić information content (AvgIpc) is 3.24. The third kappa shape index (κ3) is 3.38. The zero-order chi connectivity index (χ0) is 17.9. The van der Waals surface area contributed by atoms with Gasteiger partial charge in [0.15, 0.2) is 0 Å². The smallest absolute Gasteiger partial charge is 0.255 e. The van der Waals surface area contributed by atoms with Crippen molar-refractivity contribution in [1.82, 2.24) is 10.2 Å². The highest BCUT2D eigenvalue weighted by Crippen LogP contribution is 2.39. The van der Waals surface area contributed by atoms with E-state index in [-0.39, 0.29) is 23.9 Å². The minimum absolute atomic E-state index is 0.0285. The first kappa shape index (κ1) is 17.6. The van der Waals surface area contributed by atoms with Crippen LogP contribution >= 0.6 is 0 Å². The van der Waals surface area contributed by atoms with Gasteiger partial charge in [0, 0.05) is 17.6 Å². The average molecular weight is 354 g/mol. The Morgan fingerprint density at radius 2 is 1.50 bits per heavy atom. The summed E-state index contributed by atoms with van der Waals surface area (Å²) in [6, 6.07) is 7.72. The molecule has 3 aliphatic rings. The molecule has 2 amide bonds. The van der Waals surface area contributed by atoms with Crippen LogP contribution in [0, 0.1) is 0 Å². The number of carbonyl (C=O) groups is 2. The molecule has 0 radical (unpaired) electrons. The van der Waals surface area contributed by atoms with E-state index >= 15 is 0 Å². The maximum atomic E-state index is 13.3. The molecule has 0 bridgehead atoms. The van der Waals surface area contributed by atoms with E-state index in [1.807, 2.05) is 29.2 Å². The zero-order valence-corrected chi connectivity index (χ0v) is 15.6. The summed E-state index contributed by atoms with van der Waals surface area (Å²) < 4.78 is 0. The molecular formula is C22H30N2O2. The molecule has 2 aliphatic carbocycles. The second-order valence-corrected chi connectivity index (χ2v) is 8.19. The predicted octanol–water partition coefficient (Wildman–Crippen LogP) is 4.36. The second-order valence-electron chi connectivity index (χ2n) is 8.19. The summed E-state index contributed by atoms with van der Waals surface area (Å²) in [6.45, 7) is 0. The fraction of sp³-hybridized carbons (Fsp3) is 0.636. The van der Waals surface area contributed by atoms with Gasteiger partial charge in [-0.25, -0.2) is 0 Å². The van der Waals surface area contributed by atoms with E-state index < -0.39 is 6.04 Å². The summed E-state index contributed by atoms with van der Waals surface area (Å²) in [4.78, 5) is 28.2. The van der Waals surface area contributed by atoms with E-state index in [9.17, 15) is 9.59 Å². The maximum Gasteiger partial charge on any atom is 0.255 e. The Bertz CT molecular complexity index is 658. The van der Waals surface area contributed by atoms with E-state index in [1.54, 1.807) is 0 Å². The maximum absolute atomic E-state index is 13.3. The van der Waals surface area contributed by atoms with Crippen molar-refractivity contribution >= 4 is 11.8 Å². The quantitative estimate of drug-likeness (QED) is 0.877. The highest BCUT2D eigenvalue weighted by Gasteiger charge is 2.45. The van der Waals surface area contributed by atoms with Crippen LogP contribution in [0.15, 0.2) is 24.3 Å². The van der Waals surface area contributed by atoms with Crippen LogP contribution < -0.4 is 5.32 Å². The minimum Gasteiger partial charge on any atom is -0.351 e. The molecule has 2 saturated carbocycles. The molecule has 0 aromatic heterocycles. The van der Waals surface area contributed by atoms with Crippen molar-refractivity contribution in [3.05, 3.63) is 35.4 Å². The van der Waals surface area contributed by atoms with Crippen LogP contribution in [0.2, 0.25) is 0 Å². The number of nitrogens with one attached hydrogen (secondary N) is 1. The van der Waals surface area contributed by atoms with Gasteiger partial charge >= 0.3 is 0 Å². The first-order valence-corrected chi connectivity index (χ1v) is 10.5. The van der Waals surface area contributed by atoms with Crippen molar-refractivity contribution in [1.29, 1.82) is 0 Å². The fourth-order valence-electron chi connectivity index (χ4n) is 5.04. The van der Waals surface area contributed by atoms with Gasteiger partial charge in [0.2, 0.25) is 5.91 Å². The number of fused-ring (bicyclic) bond motifs is 1. The Morgan fingerprint density at radius 3 is 2.23 bits per heavy atom. The summed E-state index contributed by atoms with van der Waals surface area (Å²) in [5.74, 6) is 0.0751. The van der Waals surface area contributed by atoms with Crippen LogP contribution in [0.1, 0.15) is 92.6 Å². The highest BCUT2D eigenvalue weighted by atomic mass is 16.2.